The number of carbonyl (C=O) groups excluding carboxylic acids is 2. The van der Waals surface area contributed by atoms with Gasteiger partial charge in [0, 0.05) is 25.4 Å². The Morgan fingerprint density at radius 1 is 1.10 bits per heavy atom. The molecule has 1 aromatic rings. The lowest BCUT2D eigenvalue weighted by molar-refractivity contribution is -0.149. The molecule has 2 aliphatic rings. The maximum atomic E-state index is 12.6. The molecule has 2 fully saturated rings. The van der Waals surface area contributed by atoms with E-state index in [1.807, 2.05) is 0 Å². The molecule has 1 aliphatic carbocycles. The van der Waals surface area contributed by atoms with Crippen LogP contribution >= 0.6 is 0 Å². The summed E-state index contributed by atoms with van der Waals surface area (Å²) < 4.78 is 1.56. The normalized spacial score (nSPS) is 20.9. The third kappa shape index (κ3) is 2.57. The average Bonchev–Trinajstić information content (AvgIpc) is 2.92. The highest BCUT2D eigenvalue weighted by Gasteiger charge is 2.47. The van der Waals surface area contributed by atoms with Gasteiger partial charge in [-0.3, -0.25) is 14.4 Å². The predicted molar refractivity (Wildman–Crippen MR) is 76.6 cm³/mol. The van der Waals surface area contributed by atoms with E-state index in [0.717, 1.165) is 25.7 Å². The van der Waals surface area contributed by atoms with Crippen LogP contribution in [0.25, 0.3) is 0 Å². The van der Waals surface area contributed by atoms with Crippen LogP contribution in [-0.4, -0.2) is 39.9 Å². The minimum atomic E-state index is -0.684. The molecular formula is C15H19N3O3. The van der Waals surface area contributed by atoms with Crippen LogP contribution in [0.5, 0.6) is 0 Å². The van der Waals surface area contributed by atoms with Crippen LogP contribution in [0, 0.1) is 0 Å². The third-order valence-corrected chi connectivity index (χ3v) is 4.38. The van der Waals surface area contributed by atoms with Crippen LogP contribution in [0.4, 0.5) is 0 Å². The number of carbonyl (C=O) groups is 2. The summed E-state index contributed by atoms with van der Waals surface area (Å²) in [7, 11) is 0. The molecule has 21 heavy (non-hydrogen) atoms. The van der Waals surface area contributed by atoms with E-state index >= 15 is 0 Å². The summed E-state index contributed by atoms with van der Waals surface area (Å²) in [6, 6.07) is 4.96. The second-order valence-electron chi connectivity index (χ2n) is 5.80. The maximum Gasteiger partial charge on any atom is 0.250 e. The molecule has 1 saturated carbocycles. The van der Waals surface area contributed by atoms with Gasteiger partial charge < -0.3 is 14.8 Å². The van der Waals surface area contributed by atoms with Gasteiger partial charge in [-0.25, -0.2) is 0 Å². The average molecular weight is 289 g/mol. The van der Waals surface area contributed by atoms with E-state index in [1.165, 1.54) is 6.07 Å². The zero-order chi connectivity index (χ0) is 14.9. The van der Waals surface area contributed by atoms with Crippen molar-refractivity contribution < 1.29 is 9.59 Å². The number of nitrogens with one attached hydrogen (secondary N) is 1. The van der Waals surface area contributed by atoms with Crippen molar-refractivity contribution in [3.05, 3.63) is 34.7 Å². The molecule has 1 spiro atoms. The number of pyridine rings is 1. The third-order valence-electron chi connectivity index (χ3n) is 4.38. The molecule has 0 aromatic carbocycles. The SMILES string of the molecule is O=C1CN(CCn2ccccc2=O)C(=O)C2(CCCC2)N1. The second-order valence-corrected chi connectivity index (χ2v) is 5.80. The summed E-state index contributed by atoms with van der Waals surface area (Å²) in [5, 5.41) is 2.88. The smallest absolute Gasteiger partial charge is 0.250 e. The van der Waals surface area contributed by atoms with Gasteiger partial charge in [0.2, 0.25) is 11.8 Å². The van der Waals surface area contributed by atoms with Gasteiger partial charge in [0.05, 0.1) is 6.54 Å². The standard InChI is InChI=1S/C15H19N3O3/c19-12-11-18(10-9-17-8-4-1-5-13(17)20)14(21)15(16-12)6-2-3-7-15/h1,4-5,8H,2-3,6-7,9-11H2,(H,16,19). The van der Waals surface area contributed by atoms with Crippen LogP contribution in [0.15, 0.2) is 29.2 Å². The number of hydrogen-bond donors (Lipinski definition) is 1. The van der Waals surface area contributed by atoms with Gasteiger partial charge in [0.1, 0.15) is 5.54 Å². The molecule has 0 unspecified atom stereocenters. The van der Waals surface area contributed by atoms with Crippen LogP contribution < -0.4 is 10.9 Å². The molecule has 1 saturated heterocycles. The van der Waals surface area contributed by atoms with Crippen molar-refractivity contribution in [2.24, 2.45) is 0 Å². The van der Waals surface area contributed by atoms with Crippen LogP contribution in [0.2, 0.25) is 0 Å². The van der Waals surface area contributed by atoms with E-state index < -0.39 is 5.54 Å². The zero-order valence-corrected chi connectivity index (χ0v) is 11.9. The van der Waals surface area contributed by atoms with Crippen LogP contribution in [0.1, 0.15) is 25.7 Å². The number of rotatable bonds is 3. The topological polar surface area (TPSA) is 71.4 Å². The number of hydrogen-bond acceptors (Lipinski definition) is 3. The van der Waals surface area contributed by atoms with E-state index in [1.54, 1.807) is 27.8 Å². The number of piperazine rings is 1. The Morgan fingerprint density at radius 3 is 2.57 bits per heavy atom. The van der Waals surface area contributed by atoms with Gasteiger partial charge in [-0.2, -0.15) is 0 Å². The monoisotopic (exact) mass is 289 g/mol. The Labute approximate surface area is 122 Å². The van der Waals surface area contributed by atoms with Crippen LogP contribution in [-0.2, 0) is 16.1 Å². The summed E-state index contributed by atoms with van der Waals surface area (Å²) in [4.78, 5) is 37.8. The van der Waals surface area contributed by atoms with Gasteiger partial charge in [-0.15, -0.1) is 0 Å². The highest BCUT2D eigenvalue weighted by Crippen LogP contribution is 2.33. The van der Waals surface area contributed by atoms with E-state index in [2.05, 4.69) is 5.32 Å². The molecule has 1 N–H and O–H groups in total. The Balaban J connectivity index is 1.73. The second kappa shape index (κ2) is 5.35. The molecule has 0 bridgehead atoms. The maximum absolute atomic E-state index is 12.6. The largest absolute Gasteiger partial charge is 0.340 e. The molecule has 2 heterocycles. The fraction of sp³-hybridized carbons (Fsp3) is 0.533. The van der Waals surface area contributed by atoms with Crippen LogP contribution in [0.3, 0.4) is 0 Å². The first-order valence-electron chi connectivity index (χ1n) is 7.37. The summed E-state index contributed by atoms with van der Waals surface area (Å²) in [5.41, 5.74) is -0.779. The Bertz CT molecular complexity index is 617. The van der Waals surface area contributed by atoms with Gasteiger partial charge >= 0.3 is 0 Å². The minimum absolute atomic E-state index is 0.00331. The fourth-order valence-electron chi connectivity index (χ4n) is 3.28. The quantitative estimate of drug-likeness (QED) is 0.859. The molecule has 0 atom stereocenters. The Kier molecular flexibility index (Phi) is 3.53. The first-order valence-corrected chi connectivity index (χ1v) is 7.37. The van der Waals surface area contributed by atoms with E-state index in [0.29, 0.717) is 13.1 Å². The van der Waals surface area contributed by atoms with Crippen molar-refractivity contribution in [1.82, 2.24) is 14.8 Å². The molecule has 3 rings (SSSR count). The summed E-state index contributed by atoms with van der Waals surface area (Å²) in [6.07, 6.45) is 5.08. The van der Waals surface area contributed by atoms with Gasteiger partial charge in [0.25, 0.3) is 5.56 Å². The number of aromatic nitrogens is 1. The molecule has 6 heteroatoms. The van der Waals surface area contributed by atoms with Crippen molar-refractivity contribution in [3.8, 4) is 0 Å². The highest BCUT2D eigenvalue weighted by molar-refractivity contribution is 5.98. The zero-order valence-electron chi connectivity index (χ0n) is 11.9. The number of amides is 2. The van der Waals surface area contributed by atoms with E-state index in [-0.39, 0.29) is 23.9 Å². The molecule has 2 amide bonds. The van der Waals surface area contributed by atoms with Crippen molar-refractivity contribution in [3.63, 3.8) is 0 Å². The molecule has 112 valence electrons. The van der Waals surface area contributed by atoms with Crippen molar-refractivity contribution >= 4 is 11.8 Å². The lowest BCUT2D eigenvalue weighted by Gasteiger charge is -2.39. The van der Waals surface area contributed by atoms with Gasteiger partial charge in [-0.1, -0.05) is 18.9 Å². The first kappa shape index (κ1) is 13.9. The molecule has 1 aliphatic heterocycles. The van der Waals surface area contributed by atoms with E-state index in [9.17, 15) is 14.4 Å². The fourth-order valence-corrected chi connectivity index (χ4v) is 3.28. The van der Waals surface area contributed by atoms with Crippen molar-refractivity contribution in [2.75, 3.05) is 13.1 Å². The lowest BCUT2D eigenvalue weighted by atomic mass is 9.93. The van der Waals surface area contributed by atoms with Gasteiger partial charge in [0.15, 0.2) is 0 Å². The van der Waals surface area contributed by atoms with Gasteiger partial charge in [-0.05, 0) is 18.9 Å². The molecule has 6 nitrogen and oxygen atoms in total. The first-order chi connectivity index (χ1) is 10.1. The summed E-state index contributed by atoms with van der Waals surface area (Å²) >= 11 is 0. The molecular weight excluding hydrogens is 270 g/mol. The summed E-state index contributed by atoms with van der Waals surface area (Å²) in [5.74, 6) is -0.0968. The summed E-state index contributed by atoms with van der Waals surface area (Å²) in [6.45, 7) is 0.884. The molecule has 0 radical (unpaired) electrons. The predicted octanol–water partition coefficient (Wildman–Crippen LogP) is 0.119. The Morgan fingerprint density at radius 2 is 1.86 bits per heavy atom. The lowest BCUT2D eigenvalue weighted by Crippen LogP contribution is -2.65. The highest BCUT2D eigenvalue weighted by atomic mass is 16.2. The van der Waals surface area contributed by atoms with Crippen molar-refractivity contribution in [2.45, 2.75) is 37.8 Å². The van der Waals surface area contributed by atoms with E-state index in [4.69, 9.17) is 0 Å². The Hall–Kier alpha value is -2.11. The molecule has 1 aromatic heterocycles. The minimum Gasteiger partial charge on any atom is -0.340 e. The number of nitrogens with zero attached hydrogens (tertiary/aromatic N) is 2. The van der Waals surface area contributed by atoms with Crippen molar-refractivity contribution in [1.29, 1.82) is 0 Å².